The third kappa shape index (κ3) is 6.25. The van der Waals surface area contributed by atoms with E-state index in [0.717, 1.165) is 16.5 Å². The summed E-state index contributed by atoms with van der Waals surface area (Å²) in [6, 6.07) is 12.3. The van der Waals surface area contributed by atoms with E-state index in [9.17, 15) is 14.9 Å². The zero-order chi connectivity index (χ0) is 25.2. The third-order valence-corrected chi connectivity index (χ3v) is 6.79. The summed E-state index contributed by atoms with van der Waals surface area (Å²) in [5.41, 5.74) is 2.67. The molecule has 0 spiro atoms. The van der Waals surface area contributed by atoms with Crippen LogP contribution in [0.2, 0.25) is 0 Å². The summed E-state index contributed by atoms with van der Waals surface area (Å²) in [6.07, 6.45) is -0.454. The molecule has 2 aliphatic rings. The molecule has 0 unspecified atom stereocenters. The van der Waals surface area contributed by atoms with Gasteiger partial charge in [0.2, 0.25) is 0 Å². The van der Waals surface area contributed by atoms with Gasteiger partial charge >= 0.3 is 0 Å². The van der Waals surface area contributed by atoms with Crippen LogP contribution in [-0.2, 0) is 17.9 Å². The van der Waals surface area contributed by atoms with Gasteiger partial charge in [-0.05, 0) is 49.7 Å². The average Bonchev–Trinajstić information content (AvgIpc) is 2.87. The van der Waals surface area contributed by atoms with Crippen LogP contribution in [0.5, 0.6) is 5.75 Å². The van der Waals surface area contributed by atoms with Crippen molar-refractivity contribution in [3.05, 3.63) is 63.6 Å². The van der Waals surface area contributed by atoms with E-state index in [4.69, 9.17) is 4.74 Å². The van der Waals surface area contributed by atoms with E-state index in [0.29, 0.717) is 55.4 Å². The van der Waals surface area contributed by atoms with Gasteiger partial charge in [0, 0.05) is 43.7 Å². The number of amides is 1. The second-order valence-corrected chi connectivity index (χ2v) is 9.24. The van der Waals surface area contributed by atoms with Gasteiger partial charge in [-0.15, -0.1) is 24.8 Å². The van der Waals surface area contributed by atoms with Crippen LogP contribution < -0.4 is 20.9 Å². The Balaban J connectivity index is 0.00000200. The van der Waals surface area contributed by atoms with Gasteiger partial charge in [0.05, 0.1) is 22.8 Å². The van der Waals surface area contributed by atoms with Crippen LogP contribution in [0.4, 0.5) is 10.2 Å². The lowest BCUT2D eigenvalue weighted by Crippen LogP contribution is -2.51. The molecule has 38 heavy (non-hydrogen) atoms. The maximum Gasteiger partial charge on any atom is 0.263 e. The smallest absolute Gasteiger partial charge is 0.263 e. The first-order valence-corrected chi connectivity index (χ1v) is 12.0. The first-order valence-electron chi connectivity index (χ1n) is 12.0. The van der Waals surface area contributed by atoms with E-state index >= 15 is 4.39 Å². The fraction of sp³-hybridized carbons (Fsp3) is 0.385. The lowest BCUT2D eigenvalue weighted by atomic mass is 10.0. The fourth-order valence-corrected chi connectivity index (χ4v) is 4.83. The summed E-state index contributed by atoms with van der Waals surface area (Å²) < 4.78 is 22.0. The Bertz CT molecular complexity index is 1430. The van der Waals surface area contributed by atoms with Crippen LogP contribution in [0.15, 0.2) is 41.2 Å². The van der Waals surface area contributed by atoms with E-state index in [-0.39, 0.29) is 55.5 Å². The molecule has 9 nitrogen and oxygen atoms in total. The van der Waals surface area contributed by atoms with Gasteiger partial charge in [0.25, 0.3) is 11.5 Å². The predicted octanol–water partition coefficient (Wildman–Crippen LogP) is 2.95. The van der Waals surface area contributed by atoms with Gasteiger partial charge in [0.1, 0.15) is 6.17 Å². The molecule has 0 bridgehead atoms. The number of nitrogens with one attached hydrogen (secondary N) is 2. The van der Waals surface area contributed by atoms with Gasteiger partial charge in [-0.3, -0.25) is 14.5 Å². The van der Waals surface area contributed by atoms with Crippen molar-refractivity contribution >= 4 is 47.4 Å². The Hall–Kier alpha value is -3.23. The standard InChI is InChI=1S/C26H27FN6O3.2ClH/c1-16-10-25(35)33(22-11-17(12-28)2-4-19(16)22)9-8-32-7-6-21(20(27)14-32)29-13-18-3-5-23-26(30-18)31-24(34)15-36-23;;/h2-5,10-11,20-21,29H,6-9,13-15H2,1H3,(H,30,31,34);2*1H/t20-,21+;;/m0../s1. The number of rotatable bonds is 6. The van der Waals surface area contributed by atoms with Crippen LogP contribution >= 0.6 is 24.8 Å². The highest BCUT2D eigenvalue weighted by Crippen LogP contribution is 2.25. The quantitative estimate of drug-likeness (QED) is 0.475. The molecule has 4 heterocycles. The largest absolute Gasteiger partial charge is 0.480 e. The molecule has 3 aromatic rings. The van der Waals surface area contributed by atoms with Crippen molar-refractivity contribution in [3.63, 3.8) is 0 Å². The molecular formula is C26H29Cl2FN6O3. The number of pyridine rings is 2. The summed E-state index contributed by atoms with van der Waals surface area (Å²) in [7, 11) is 0. The van der Waals surface area contributed by atoms with Gasteiger partial charge in [0.15, 0.2) is 18.2 Å². The summed E-state index contributed by atoms with van der Waals surface area (Å²) >= 11 is 0. The number of benzene rings is 1. The van der Waals surface area contributed by atoms with Gasteiger partial charge in [-0.1, -0.05) is 6.07 Å². The van der Waals surface area contributed by atoms with E-state index in [1.807, 2.05) is 17.9 Å². The minimum atomic E-state index is -1.07. The zero-order valence-corrected chi connectivity index (χ0v) is 22.4. The SMILES string of the molecule is Cc1cc(=O)n(CCN2CC[C@@H](NCc3ccc4c(n3)NC(=O)CO4)[C@@H](F)C2)c2cc(C#N)ccc12.Cl.Cl. The number of aryl methyl sites for hydroxylation is 1. The lowest BCUT2D eigenvalue weighted by molar-refractivity contribution is -0.118. The maximum atomic E-state index is 15.0. The average molecular weight is 563 g/mol. The second-order valence-electron chi connectivity index (χ2n) is 9.24. The van der Waals surface area contributed by atoms with Crippen LogP contribution in [0.3, 0.4) is 0 Å². The van der Waals surface area contributed by atoms with Crippen molar-refractivity contribution in [3.8, 4) is 11.8 Å². The first kappa shape index (κ1) is 29.3. The topological polar surface area (TPSA) is 112 Å². The normalized spacial score (nSPS) is 18.8. The van der Waals surface area contributed by atoms with Crippen molar-refractivity contribution < 1.29 is 13.9 Å². The minimum absolute atomic E-state index is 0. The molecule has 0 radical (unpaired) electrons. The van der Waals surface area contributed by atoms with Gasteiger partial charge in [-0.2, -0.15) is 5.26 Å². The molecule has 1 saturated heterocycles. The Kier molecular flexibility index (Phi) is 9.68. The van der Waals surface area contributed by atoms with E-state index < -0.39 is 6.17 Å². The Morgan fingerprint density at radius 2 is 2.03 bits per heavy atom. The van der Waals surface area contributed by atoms with Crippen molar-refractivity contribution in [2.75, 3.05) is 31.6 Å². The summed E-state index contributed by atoms with van der Waals surface area (Å²) in [4.78, 5) is 30.6. The molecule has 12 heteroatoms. The van der Waals surface area contributed by atoms with E-state index in [1.165, 1.54) is 0 Å². The zero-order valence-electron chi connectivity index (χ0n) is 20.8. The molecule has 0 saturated carbocycles. The second kappa shape index (κ2) is 12.5. The van der Waals surface area contributed by atoms with Gasteiger partial charge in [-0.25, -0.2) is 9.37 Å². The number of likely N-dealkylation sites (tertiary alicyclic amines) is 1. The number of hydrogen-bond donors (Lipinski definition) is 2. The number of fused-ring (bicyclic) bond motifs is 2. The summed E-state index contributed by atoms with van der Waals surface area (Å²) in [5.74, 6) is 0.667. The molecule has 2 atom stereocenters. The Morgan fingerprint density at radius 3 is 2.79 bits per heavy atom. The van der Waals surface area contributed by atoms with Crippen molar-refractivity contribution in [1.29, 1.82) is 5.26 Å². The first-order chi connectivity index (χ1) is 17.4. The Morgan fingerprint density at radius 1 is 1.21 bits per heavy atom. The maximum absolute atomic E-state index is 15.0. The number of nitriles is 1. The van der Waals surface area contributed by atoms with Crippen molar-refractivity contribution in [2.45, 2.75) is 38.6 Å². The highest BCUT2D eigenvalue weighted by Gasteiger charge is 2.29. The summed E-state index contributed by atoms with van der Waals surface area (Å²) in [5, 5.41) is 16.1. The molecule has 0 aliphatic carbocycles. The number of alkyl halides is 1. The van der Waals surface area contributed by atoms with E-state index in [1.54, 1.807) is 34.9 Å². The molecule has 5 rings (SSSR count). The van der Waals surface area contributed by atoms with Crippen LogP contribution in [-0.4, -0.2) is 58.8 Å². The molecule has 2 aromatic heterocycles. The lowest BCUT2D eigenvalue weighted by Gasteiger charge is -2.35. The molecule has 1 fully saturated rings. The van der Waals surface area contributed by atoms with E-state index in [2.05, 4.69) is 21.7 Å². The number of nitrogens with zero attached hydrogens (tertiary/aromatic N) is 4. The molecule has 202 valence electrons. The summed E-state index contributed by atoms with van der Waals surface area (Å²) in [6.45, 7) is 4.15. The number of halogens is 3. The Labute approximate surface area is 231 Å². The number of anilines is 1. The van der Waals surface area contributed by atoms with Crippen molar-refractivity contribution in [2.24, 2.45) is 0 Å². The molecular weight excluding hydrogens is 534 g/mol. The van der Waals surface area contributed by atoms with Crippen LogP contribution in [0.1, 0.15) is 23.2 Å². The van der Waals surface area contributed by atoms with Gasteiger partial charge < -0.3 is 19.9 Å². The van der Waals surface area contributed by atoms with Crippen LogP contribution in [0.25, 0.3) is 10.9 Å². The highest BCUT2D eigenvalue weighted by molar-refractivity contribution is 5.94. The number of hydrogen-bond acceptors (Lipinski definition) is 7. The number of piperidine rings is 1. The number of ether oxygens (including phenoxy) is 1. The molecule has 2 N–H and O–H groups in total. The highest BCUT2D eigenvalue weighted by atomic mass is 35.5. The molecule has 1 aromatic carbocycles. The molecule has 1 amide bonds. The monoisotopic (exact) mass is 562 g/mol. The number of aromatic nitrogens is 2. The fourth-order valence-electron chi connectivity index (χ4n) is 4.83. The molecule has 2 aliphatic heterocycles. The van der Waals surface area contributed by atoms with Crippen molar-refractivity contribution in [1.82, 2.24) is 19.8 Å². The minimum Gasteiger partial charge on any atom is -0.480 e. The number of carbonyl (C=O) groups is 1. The number of carbonyl (C=O) groups excluding carboxylic acids is 1. The third-order valence-electron chi connectivity index (χ3n) is 6.79. The van der Waals surface area contributed by atoms with Crippen LogP contribution in [0, 0.1) is 18.3 Å². The predicted molar refractivity (Wildman–Crippen MR) is 147 cm³/mol.